The molecule has 2 aliphatic rings. The van der Waals surface area contributed by atoms with Crippen molar-refractivity contribution in [2.24, 2.45) is 5.92 Å². The summed E-state index contributed by atoms with van der Waals surface area (Å²) >= 11 is 1.75. The fourth-order valence-electron chi connectivity index (χ4n) is 3.51. The first-order chi connectivity index (χ1) is 11.6. The van der Waals surface area contributed by atoms with E-state index in [2.05, 4.69) is 21.4 Å². The van der Waals surface area contributed by atoms with Gasteiger partial charge in [-0.2, -0.15) is 0 Å². The summed E-state index contributed by atoms with van der Waals surface area (Å²) in [4.78, 5) is 24.5. The molecule has 2 aliphatic heterocycles. The molecule has 0 bridgehead atoms. The van der Waals surface area contributed by atoms with Crippen LogP contribution in [0.3, 0.4) is 0 Å². The lowest BCUT2D eigenvalue weighted by Gasteiger charge is -2.34. The zero-order valence-corrected chi connectivity index (χ0v) is 14.4. The van der Waals surface area contributed by atoms with E-state index in [0.717, 1.165) is 24.1 Å². The molecule has 0 saturated carbocycles. The van der Waals surface area contributed by atoms with Gasteiger partial charge < -0.3 is 15.4 Å². The van der Waals surface area contributed by atoms with Crippen LogP contribution in [0.25, 0.3) is 0 Å². The molecular weight excluding hydrogens is 324 g/mol. The van der Waals surface area contributed by atoms with Gasteiger partial charge in [0.05, 0.1) is 30.9 Å². The lowest BCUT2D eigenvalue weighted by Crippen LogP contribution is -2.42. The molecule has 4 rings (SSSR count). The minimum Gasteiger partial charge on any atom is -0.372 e. The Morgan fingerprint density at radius 1 is 1.50 bits per heavy atom. The van der Waals surface area contributed by atoms with Crippen molar-refractivity contribution < 1.29 is 9.53 Å². The number of nitrogen functional groups attached to an aromatic ring is 1. The van der Waals surface area contributed by atoms with E-state index in [9.17, 15) is 4.79 Å². The number of anilines is 1. The fraction of sp³-hybridized carbons (Fsp3) is 0.471. The van der Waals surface area contributed by atoms with E-state index >= 15 is 0 Å². The second kappa shape index (κ2) is 6.14. The van der Waals surface area contributed by atoms with Crippen molar-refractivity contribution in [2.45, 2.75) is 32.4 Å². The molecule has 0 saturated heterocycles. The predicted octanol–water partition coefficient (Wildman–Crippen LogP) is 1.96. The molecule has 0 fully saturated rings. The molecule has 4 heterocycles. The molecule has 6 nitrogen and oxygen atoms in total. The number of rotatable bonds is 2. The number of hydrogen-bond acceptors (Lipinski definition) is 6. The average molecular weight is 344 g/mol. The number of carbonyl (C=O) groups is 1. The summed E-state index contributed by atoms with van der Waals surface area (Å²) in [6, 6.07) is 2.09. The third-order valence-corrected chi connectivity index (χ3v) is 5.83. The molecule has 2 unspecified atom stereocenters. The highest BCUT2D eigenvalue weighted by Gasteiger charge is 2.34. The van der Waals surface area contributed by atoms with E-state index in [4.69, 9.17) is 10.5 Å². The molecule has 2 aromatic rings. The van der Waals surface area contributed by atoms with Crippen LogP contribution in [0.4, 0.5) is 5.95 Å². The van der Waals surface area contributed by atoms with Gasteiger partial charge in [0, 0.05) is 24.0 Å². The van der Waals surface area contributed by atoms with Gasteiger partial charge in [-0.15, -0.1) is 11.3 Å². The van der Waals surface area contributed by atoms with Gasteiger partial charge in [-0.25, -0.2) is 9.97 Å². The monoisotopic (exact) mass is 344 g/mol. The largest absolute Gasteiger partial charge is 0.372 e. The maximum Gasteiger partial charge on any atom is 0.228 e. The van der Waals surface area contributed by atoms with Gasteiger partial charge in [0.2, 0.25) is 11.9 Å². The summed E-state index contributed by atoms with van der Waals surface area (Å²) < 4.78 is 5.94. The molecule has 0 spiro atoms. The number of thiophene rings is 1. The second-order valence-corrected chi connectivity index (χ2v) is 7.34. The Kier molecular flexibility index (Phi) is 3.97. The van der Waals surface area contributed by atoms with Crippen molar-refractivity contribution in [1.82, 2.24) is 14.9 Å². The molecule has 7 heteroatoms. The third-order valence-electron chi connectivity index (χ3n) is 4.83. The lowest BCUT2D eigenvalue weighted by atomic mass is 9.93. The van der Waals surface area contributed by atoms with E-state index < -0.39 is 0 Å². The zero-order chi connectivity index (χ0) is 16.7. The van der Waals surface area contributed by atoms with Crippen LogP contribution in [0, 0.1) is 5.92 Å². The van der Waals surface area contributed by atoms with Crippen molar-refractivity contribution in [3.05, 3.63) is 39.3 Å². The van der Waals surface area contributed by atoms with Crippen LogP contribution in [0.1, 0.15) is 34.7 Å². The van der Waals surface area contributed by atoms with E-state index in [1.54, 1.807) is 17.5 Å². The second-order valence-electron chi connectivity index (χ2n) is 6.34. The molecule has 0 radical (unpaired) electrons. The molecule has 2 N–H and O–H groups in total. The number of aromatic nitrogens is 2. The Balaban J connectivity index is 1.53. The SMILES string of the molecule is CC(C(=O)N1CCc2cnc(N)nc2C1)C1OCCc2sccc21. The third kappa shape index (κ3) is 2.67. The first-order valence-electron chi connectivity index (χ1n) is 8.20. The van der Waals surface area contributed by atoms with Gasteiger partial charge in [0.1, 0.15) is 0 Å². The molecule has 2 aromatic heterocycles. The number of ether oxygens (including phenoxy) is 1. The van der Waals surface area contributed by atoms with E-state index in [-0.39, 0.29) is 23.9 Å². The molecule has 126 valence electrons. The highest BCUT2D eigenvalue weighted by molar-refractivity contribution is 7.10. The van der Waals surface area contributed by atoms with Crippen molar-refractivity contribution >= 4 is 23.2 Å². The van der Waals surface area contributed by atoms with Gasteiger partial charge in [-0.3, -0.25) is 4.79 Å². The number of carbonyl (C=O) groups excluding carboxylic acids is 1. The van der Waals surface area contributed by atoms with Gasteiger partial charge in [-0.05, 0) is 29.0 Å². The Labute approximate surface area is 144 Å². The summed E-state index contributed by atoms with van der Waals surface area (Å²) in [5.41, 5.74) is 8.79. The van der Waals surface area contributed by atoms with Gasteiger partial charge >= 0.3 is 0 Å². The average Bonchev–Trinajstić information content (AvgIpc) is 3.08. The normalized spacial score (nSPS) is 21.0. The van der Waals surface area contributed by atoms with Crippen molar-refractivity contribution in [3.8, 4) is 0 Å². The first kappa shape index (κ1) is 15.5. The highest BCUT2D eigenvalue weighted by Crippen LogP contribution is 2.37. The molecule has 0 aromatic carbocycles. The minimum atomic E-state index is -0.209. The van der Waals surface area contributed by atoms with Crippen LogP contribution in [0.2, 0.25) is 0 Å². The maximum atomic E-state index is 13.0. The summed E-state index contributed by atoms with van der Waals surface area (Å²) in [6.07, 6.45) is 3.33. The Bertz CT molecular complexity index is 776. The van der Waals surface area contributed by atoms with Crippen LogP contribution in [-0.4, -0.2) is 33.9 Å². The Hall–Kier alpha value is -1.99. The van der Waals surface area contributed by atoms with Gasteiger partial charge in [-0.1, -0.05) is 6.92 Å². The molecule has 1 amide bonds. The van der Waals surface area contributed by atoms with E-state index in [0.29, 0.717) is 19.7 Å². The van der Waals surface area contributed by atoms with Crippen LogP contribution in [0.5, 0.6) is 0 Å². The van der Waals surface area contributed by atoms with Gasteiger partial charge in [0.15, 0.2) is 0 Å². The van der Waals surface area contributed by atoms with E-state index in [1.165, 1.54) is 10.4 Å². The molecule has 0 aliphatic carbocycles. The first-order valence-corrected chi connectivity index (χ1v) is 9.08. The Morgan fingerprint density at radius 2 is 2.38 bits per heavy atom. The van der Waals surface area contributed by atoms with Crippen LogP contribution in [-0.2, 0) is 28.9 Å². The smallest absolute Gasteiger partial charge is 0.228 e. The van der Waals surface area contributed by atoms with Gasteiger partial charge in [0.25, 0.3) is 0 Å². The standard InChI is InChI=1S/C17H20N4O2S/c1-10(15-12-4-7-24-14(12)3-6-23-15)16(22)21-5-2-11-8-19-17(18)20-13(11)9-21/h4,7-8,10,15H,2-3,5-6,9H2,1H3,(H2,18,19,20). The lowest BCUT2D eigenvalue weighted by molar-refractivity contribution is -0.142. The molecule has 24 heavy (non-hydrogen) atoms. The molecule has 2 atom stereocenters. The summed E-state index contributed by atoms with van der Waals surface area (Å²) in [5.74, 6) is 0.163. The van der Waals surface area contributed by atoms with Crippen LogP contribution >= 0.6 is 11.3 Å². The quantitative estimate of drug-likeness (QED) is 0.900. The molecular formula is C17H20N4O2S. The number of nitrogens with zero attached hydrogens (tertiary/aromatic N) is 3. The van der Waals surface area contributed by atoms with Crippen molar-refractivity contribution in [1.29, 1.82) is 0 Å². The van der Waals surface area contributed by atoms with Crippen molar-refractivity contribution in [2.75, 3.05) is 18.9 Å². The number of fused-ring (bicyclic) bond motifs is 2. The summed E-state index contributed by atoms with van der Waals surface area (Å²) in [5, 5.41) is 2.08. The minimum absolute atomic E-state index is 0.113. The van der Waals surface area contributed by atoms with Crippen LogP contribution < -0.4 is 5.73 Å². The maximum absolute atomic E-state index is 13.0. The number of hydrogen-bond donors (Lipinski definition) is 1. The van der Waals surface area contributed by atoms with Crippen molar-refractivity contribution in [3.63, 3.8) is 0 Å². The van der Waals surface area contributed by atoms with E-state index in [1.807, 2.05) is 11.8 Å². The van der Waals surface area contributed by atoms with Crippen LogP contribution in [0.15, 0.2) is 17.6 Å². The Morgan fingerprint density at radius 3 is 3.25 bits per heavy atom. The number of amides is 1. The summed E-state index contributed by atoms with van der Waals surface area (Å²) in [6.45, 7) is 3.83. The highest BCUT2D eigenvalue weighted by atomic mass is 32.1. The fourth-order valence-corrected chi connectivity index (χ4v) is 4.41. The number of nitrogens with two attached hydrogens (primary N) is 1. The topological polar surface area (TPSA) is 81.3 Å². The predicted molar refractivity (Wildman–Crippen MR) is 91.4 cm³/mol. The zero-order valence-electron chi connectivity index (χ0n) is 13.6. The summed E-state index contributed by atoms with van der Waals surface area (Å²) in [7, 11) is 0.